The highest BCUT2D eigenvalue weighted by Gasteiger charge is 2.21. The Hall–Kier alpha value is -16.4. The summed E-state index contributed by atoms with van der Waals surface area (Å²) in [6.45, 7) is 0. The Bertz CT molecular complexity index is 6740. The molecule has 586 valence electrons. The molecule has 4 heteroatoms. The third-order valence-corrected chi connectivity index (χ3v) is 23.6. The Kier molecular flexibility index (Phi) is 21.7. The summed E-state index contributed by atoms with van der Waals surface area (Å²) in [7, 11) is 0. The predicted molar refractivity (Wildman–Crippen MR) is 525 cm³/mol. The second kappa shape index (κ2) is 35.3. The number of rotatable bonds is 23. The molecule has 0 saturated carbocycles. The first-order valence-corrected chi connectivity index (χ1v) is 42.4. The summed E-state index contributed by atoms with van der Waals surface area (Å²) >= 11 is 0. The van der Waals surface area contributed by atoms with Gasteiger partial charge in [0.15, 0.2) is 0 Å². The van der Waals surface area contributed by atoms with Gasteiger partial charge in [0.1, 0.15) is 0 Å². The molecule has 0 bridgehead atoms. The van der Waals surface area contributed by atoms with Crippen LogP contribution >= 0.6 is 0 Å². The van der Waals surface area contributed by atoms with E-state index in [0.29, 0.717) is 0 Å². The van der Waals surface area contributed by atoms with Gasteiger partial charge in [-0.3, -0.25) is 0 Å². The number of anilines is 12. The molecular formula is C120H86N4. The van der Waals surface area contributed by atoms with Gasteiger partial charge in [0.05, 0.1) is 0 Å². The largest absolute Gasteiger partial charge is 0.311 e. The van der Waals surface area contributed by atoms with Gasteiger partial charge >= 0.3 is 0 Å². The highest BCUT2D eigenvalue weighted by molar-refractivity contribution is 5.88. The predicted octanol–water partition coefficient (Wildman–Crippen LogP) is 33.9. The van der Waals surface area contributed by atoms with Crippen molar-refractivity contribution in [2.75, 3.05) is 19.6 Å². The summed E-state index contributed by atoms with van der Waals surface area (Å²) in [5.41, 5.74) is 38.7. The van der Waals surface area contributed by atoms with Crippen molar-refractivity contribution in [3.05, 3.63) is 522 Å². The molecule has 124 heavy (non-hydrogen) atoms. The molecule has 0 spiro atoms. The van der Waals surface area contributed by atoms with Crippen molar-refractivity contribution in [2.45, 2.75) is 0 Å². The number of para-hydroxylation sites is 1. The summed E-state index contributed by atoms with van der Waals surface area (Å²) in [4.78, 5) is 9.37. The summed E-state index contributed by atoms with van der Waals surface area (Å²) in [6.07, 6.45) is 0. The van der Waals surface area contributed by atoms with Crippen molar-refractivity contribution in [1.82, 2.24) is 0 Å². The first kappa shape index (κ1) is 76.3. The normalized spacial score (nSPS) is 11.1. The summed E-state index contributed by atoms with van der Waals surface area (Å²) < 4.78 is 0. The molecule has 4 nitrogen and oxygen atoms in total. The average molecular weight is 1580 g/mol. The maximum absolute atomic E-state index is 2.35. The molecule has 0 N–H and O–H groups in total. The van der Waals surface area contributed by atoms with E-state index in [1.807, 2.05) is 0 Å². The van der Waals surface area contributed by atoms with E-state index >= 15 is 0 Å². The van der Waals surface area contributed by atoms with Crippen LogP contribution in [-0.4, -0.2) is 0 Å². The smallest absolute Gasteiger partial charge is 0.0462 e. The number of hydrogen-bond donors (Lipinski definition) is 0. The van der Waals surface area contributed by atoms with E-state index in [0.717, 1.165) is 118 Å². The lowest BCUT2D eigenvalue weighted by atomic mass is 9.96. The molecule has 0 atom stereocenters. The van der Waals surface area contributed by atoms with Crippen LogP contribution in [0.4, 0.5) is 68.2 Å². The van der Waals surface area contributed by atoms with E-state index < -0.39 is 0 Å². The van der Waals surface area contributed by atoms with Crippen LogP contribution in [0.1, 0.15) is 0 Å². The fraction of sp³-hybridized carbons (Fsp3) is 0. The maximum atomic E-state index is 2.35. The third-order valence-electron chi connectivity index (χ3n) is 23.6. The van der Waals surface area contributed by atoms with Crippen LogP contribution in [0.15, 0.2) is 522 Å². The van der Waals surface area contributed by atoms with Crippen molar-refractivity contribution in [1.29, 1.82) is 0 Å². The van der Waals surface area contributed by atoms with Gasteiger partial charge in [-0.2, -0.15) is 0 Å². The summed E-state index contributed by atoms with van der Waals surface area (Å²) in [5.74, 6) is 0. The fourth-order valence-electron chi connectivity index (χ4n) is 16.9. The molecule has 0 fully saturated rings. The van der Waals surface area contributed by atoms with Gasteiger partial charge in [0.25, 0.3) is 0 Å². The minimum atomic E-state index is 1.07. The zero-order valence-corrected chi connectivity index (χ0v) is 68.4. The molecule has 0 aliphatic rings. The Morgan fingerprint density at radius 3 is 0.315 bits per heavy atom. The Balaban J connectivity index is 0.510. The van der Waals surface area contributed by atoms with Crippen LogP contribution in [0.5, 0.6) is 0 Å². The molecule has 0 aliphatic heterocycles. The molecule has 0 unspecified atom stereocenters. The van der Waals surface area contributed by atoms with Gasteiger partial charge in [-0.25, -0.2) is 0 Å². The lowest BCUT2D eigenvalue weighted by molar-refractivity contribution is 1.28. The Morgan fingerprint density at radius 1 is 0.0726 bits per heavy atom. The van der Waals surface area contributed by atoms with E-state index in [1.54, 1.807) is 0 Å². The van der Waals surface area contributed by atoms with Crippen molar-refractivity contribution in [3.8, 4) is 122 Å². The van der Waals surface area contributed by atoms with Crippen LogP contribution in [0, 0.1) is 0 Å². The molecule has 0 radical (unpaired) electrons. The van der Waals surface area contributed by atoms with Crippen molar-refractivity contribution in [2.24, 2.45) is 0 Å². The highest BCUT2D eigenvalue weighted by atomic mass is 15.2. The second-order valence-electron chi connectivity index (χ2n) is 31.3. The fourth-order valence-corrected chi connectivity index (χ4v) is 16.9. The van der Waals surface area contributed by atoms with Gasteiger partial charge in [-0.15, -0.1) is 0 Å². The molecule has 0 amide bonds. The zero-order chi connectivity index (χ0) is 82.8. The van der Waals surface area contributed by atoms with Crippen LogP contribution in [0.3, 0.4) is 0 Å². The van der Waals surface area contributed by atoms with E-state index in [9.17, 15) is 0 Å². The van der Waals surface area contributed by atoms with Gasteiger partial charge in [-0.05, 0) is 274 Å². The van der Waals surface area contributed by atoms with Crippen molar-refractivity contribution < 1.29 is 0 Å². The molecule has 0 saturated heterocycles. The van der Waals surface area contributed by atoms with E-state index in [1.165, 1.54) is 72.3 Å². The standard InChI is InChI=1S/C120H86N4/c1-7-20-87(21-8-1)94-42-64-112(65-43-94)122(113-66-44-95(45-67-113)88-22-9-2-10-23-88)118-80-58-102(59-81-118)101-56-76-111(77-57-101)121(109-32-17-6-18-33-109)110-74-52-99(53-75-110)92-34-38-105(39-35-92)107-30-19-31-108(86-107)106-40-36-93(37-41-106)100-54-78-117(79-55-100)124(116-72-50-98(51-73-116)91-28-15-5-16-29-91)120-84-62-104(63-85-120)103-60-82-119(83-61-103)123(114-68-46-96(47-69-114)89-24-11-3-12-25-89)115-70-48-97(49-71-115)90-26-13-4-14-27-90/h1-86H. The summed E-state index contributed by atoms with van der Waals surface area (Å²) in [5, 5.41) is 0. The third kappa shape index (κ3) is 16.6. The lowest BCUT2D eigenvalue weighted by Gasteiger charge is -2.27. The quantitative estimate of drug-likeness (QED) is 0.0633. The lowest BCUT2D eigenvalue weighted by Crippen LogP contribution is -2.10. The van der Waals surface area contributed by atoms with Crippen LogP contribution in [-0.2, 0) is 0 Å². The van der Waals surface area contributed by atoms with E-state index in [2.05, 4.69) is 541 Å². The topological polar surface area (TPSA) is 13.0 Å². The van der Waals surface area contributed by atoms with Crippen LogP contribution in [0.2, 0.25) is 0 Å². The molecule has 20 aromatic rings. The van der Waals surface area contributed by atoms with Gasteiger partial charge in [0, 0.05) is 68.2 Å². The highest BCUT2D eigenvalue weighted by Crippen LogP contribution is 2.45. The van der Waals surface area contributed by atoms with Gasteiger partial charge in [0.2, 0.25) is 0 Å². The molecule has 0 heterocycles. The Labute approximate surface area is 727 Å². The second-order valence-corrected chi connectivity index (χ2v) is 31.3. The monoisotopic (exact) mass is 1580 g/mol. The summed E-state index contributed by atoms with van der Waals surface area (Å²) in [6, 6.07) is 189. The van der Waals surface area contributed by atoms with Crippen molar-refractivity contribution >= 4 is 68.2 Å². The van der Waals surface area contributed by atoms with E-state index in [4.69, 9.17) is 0 Å². The number of benzene rings is 20. The van der Waals surface area contributed by atoms with Crippen LogP contribution in [0.25, 0.3) is 122 Å². The molecule has 20 aromatic carbocycles. The molecule has 0 aromatic heterocycles. The first-order valence-electron chi connectivity index (χ1n) is 42.4. The van der Waals surface area contributed by atoms with Crippen molar-refractivity contribution in [3.63, 3.8) is 0 Å². The number of hydrogen-bond acceptors (Lipinski definition) is 4. The first-order chi connectivity index (χ1) is 61.4. The van der Waals surface area contributed by atoms with Gasteiger partial charge < -0.3 is 19.6 Å². The SMILES string of the molecule is c1ccc(-c2ccc(N(c3ccc(-c4ccccc4)cc3)c3ccc(-c4ccc(N(c5ccccc5)c5ccc(-c6ccc(-c7cccc(-c8ccc(-c9ccc(N(c%10ccc(-c%11ccccc%11)cc%10)c%10ccc(-c%11ccc(N(c%12ccc(-c%13ccccc%13)cc%12)c%12ccc(-c%13ccccc%13)cc%12)cc%11)cc%10)cc9)cc8)c7)cc6)cc5)cc4)cc3)cc2)cc1. The molecule has 0 aliphatic carbocycles. The van der Waals surface area contributed by atoms with E-state index in [-0.39, 0.29) is 0 Å². The molecular weight excluding hydrogens is 1500 g/mol. The zero-order valence-electron chi connectivity index (χ0n) is 68.4. The maximum Gasteiger partial charge on any atom is 0.0462 e. The van der Waals surface area contributed by atoms with Crippen LogP contribution < -0.4 is 19.6 Å². The minimum absolute atomic E-state index is 1.07. The van der Waals surface area contributed by atoms with Gasteiger partial charge in [-0.1, -0.05) is 370 Å². The minimum Gasteiger partial charge on any atom is -0.311 e. The number of nitrogens with zero attached hydrogens (tertiary/aromatic N) is 4. The molecule has 20 rings (SSSR count). The Morgan fingerprint density at radius 2 is 0.169 bits per heavy atom. The average Bonchev–Trinajstić information content (AvgIpc) is 0.797.